The summed E-state index contributed by atoms with van der Waals surface area (Å²) in [7, 11) is 0. The molecule has 0 unspecified atom stereocenters. The summed E-state index contributed by atoms with van der Waals surface area (Å²) >= 11 is 1.78. The molecule has 26 heavy (non-hydrogen) atoms. The molecule has 3 aromatic carbocycles. The Kier molecular flexibility index (Phi) is 3.79. The van der Waals surface area contributed by atoms with Gasteiger partial charge in [-0.3, -0.25) is 4.99 Å². The maximum absolute atomic E-state index is 13.4. The molecule has 0 saturated heterocycles. The first-order valence-electron chi connectivity index (χ1n) is 8.61. The number of ether oxygens (including phenoxy) is 1. The Bertz CT molecular complexity index is 999. The van der Waals surface area contributed by atoms with E-state index < -0.39 is 0 Å². The molecular weight excluding hydrogens is 345 g/mol. The topological polar surface area (TPSA) is 21.6 Å². The second-order valence-electron chi connectivity index (χ2n) is 6.47. The minimum atomic E-state index is -0.216. The largest absolute Gasteiger partial charge is 0.492 e. The van der Waals surface area contributed by atoms with Gasteiger partial charge in [0.1, 0.15) is 11.6 Å². The van der Waals surface area contributed by atoms with Crippen LogP contribution in [0.3, 0.4) is 0 Å². The van der Waals surface area contributed by atoms with Crippen LogP contribution in [0.4, 0.5) is 10.1 Å². The third kappa shape index (κ3) is 2.61. The van der Waals surface area contributed by atoms with Gasteiger partial charge in [-0.05, 0) is 42.0 Å². The molecule has 0 N–H and O–H groups in total. The van der Waals surface area contributed by atoms with Crippen LogP contribution >= 0.6 is 11.8 Å². The number of fused-ring (bicyclic) bond motifs is 4. The summed E-state index contributed by atoms with van der Waals surface area (Å²) in [5, 5.41) is 0.117. The summed E-state index contributed by atoms with van der Waals surface area (Å²) in [6, 6.07) is 23.1. The Hall–Kier alpha value is -2.59. The van der Waals surface area contributed by atoms with E-state index in [1.165, 1.54) is 12.1 Å². The number of benzene rings is 3. The van der Waals surface area contributed by atoms with E-state index in [2.05, 4.69) is 18.2 Å². The van der Waals surface area contributed by atoms with Gasteiger partial charge in [0.15, 0.2) is 0 Å². The molecule has 0 amide bonds. The number of halogens is 1. The molecule has 0 saturated carbocycles. The Labute approximate surface area is 155 Å². The third-order valence-electron chi connectivity index (χ3n) is 4.86. The van der Waals surface area contributed by atoms with Crippen LogP contribution in [0.25, 0.3) is 0 Å². The number of thioether (sulfide) groups is 1. The lowest BCUT2D eigenvalue weighted by atomic mass is 9.88. The zero-order valence-electron chi connectivity index (χ0n) is 13.9. The van der Waals surface area contributed by atoms with Crippen molar-refractivity contribution in [2.45, 2.75) is 10.1 Å². The summed E-state index contributed by atoms with van der Waals surface area (Å²) in [6.07, 6.45) is 0. The molecule has 2 aliphatic rings. The van der Waals surface area contributed by atoms with Crippen LogP contribution < -0.4 is 4.74 Å². The van der Waals surface area contributed by atoms with Crippen molar-refractivity contribution in [3.8, 4) is 5.75 Å². The first-order valence-corrected chi connectivity index (χ1v) is 9.49. The maximum Gasteiger partial charge on any atom is 0.128 e. The molecule has 0 radical (unpaired) electrons. The molecule has 0 aromatic heterocycles. The van der Waals surface area contributed by atoms with E-state index in [1.54, 1.807) is 11.8 Å². The second kappa shape index (κ2) is 6.29. The number of para-hydroxylation sites is 2. The van der Waals surface area contributed by atoms with Crippen LogP contribution in [-0.2, 0) is 0 Å². The molecule has 0 spiro atoms. The standard InChI is InChI=1S/C22H16FNOS/c23-15-11-9-14(10-12-15)22-17-13-25-19-7-3-1-5-16(19)21(17)24-18-6-2-4-8-20(18)26-22/h1-12,17,22H,13H2/t17-,22+/m1/s1. The van der Waals surface area contributed by atoms with Crippen LogP contribution in [0.2, 0.25) is 0 Å². The summed E-state index contributed by atoms with van der Waals surface area (Å²) in [6.45, 7) is 0.568. The van der Waals surface area contributed by atoms with Gasteiger partial charge in [-0.2, -0.15) is 0 Å². The fourth-order valence-corrected chi connectivity index (χ4v) is 4.92. The zero-order valence-corrected chi connectivity index (χ0v) is 14.7. The first kappa shape index (κ1) is 15.6. The molecule has 2 nitrogen and oxygen atoms in total. The van der Waals surface area contributed by atoms with E-state index in [1.807, 2.05) is 42.5 Å². The molecule has 2 atom stereocenters. The number of aliphatic imine (C=N–C) groups is 1. The Morgan fingerprint density at radius 1 is 0.923 bits per heavy atom. The van der Waals surface area contributed by atoms with Crippen molar-refractivity contribution in [3.05, 3.63) is 89.7 Å². The normalized spacial score (nSPS) is 20.7. The highest BCUT2D eigenvalue weighted by Gasteiger charge is 2.37. The zero-order chi connectivity index (χ0) is 17.5. The lowest BCUT2D eigenvalue weighted by Crippen LogP contribution is -2.31. The van der Waals surface area contributed by atoms with Gasteiger partial charge in [0.2, 0.25) is 0 Å². The lowest BCUT2D eigenvalue weighted by molar-refractivity contribution is 0.271. The first-order chi connectivity index (χ1) is 12.8. The molecule has 0 fully saturated rings. The van der Waals surface area contributed by atoms with Crippen molar-refractivity contribution in [3.63, 3.8) is 0 Å². The van der Waals surface area contributed by atoms with Gasteiger partial charge >= 0.3 is 0 Å². The Morgan fingerprint density at radius 2 is 1.69 bits per heavy atom. The van der Waals surface area contributed by atoms with Crippen molar-refractivity contribution in [1.29, 1.82) is 0 Å². The highest BCUT2D eigenvalue weighted by atomic mass is 32.2. The van der Waals surface area contributed by atoms with Crippen LogP contribution in [0, 0.1) is 11.7 Å². The van der Waals surface area contributed by atoms with Crippen molar-refractivity contribution in [2.75, 3.05) is 6.61 Å². The summed E-state index contributed by atoms with van der Waals surface area (Å²) in [4.78, 5) is 6.18. The predicted molar refractivity (Wildman–Crippen MR) is 103 cm³/mol. The van der Waals surface area contributed by atoms with E-state index in [9.17, 15) is 4.39 Å². The molecule has 5 rings (SSSR count). The summed E-state index contributed by atoms with van der Waals surface area (Å²) < 4.78 is 19.5. The van der Waals surface area contributed by atoms with Gasteiger partial charge < -0.3 is 4.74 Å². The Morgan fingerprint density at radius 3 is 2.58 bits per heavy atom. The quantitative estimate of drug-likeness (QED) is 0.546. The van der Waals surface area contributed by atoms with Crippen molar-refractivity contribution < 1.29 is 9.13 Å². The summed E-state index contributed by atoms with van der Waals surface area (Å²) in [5.74, 6) is 0.768. The highest BCUT2D eigenvalue weighted by Crippen LogP contribution is 2.50. The van der Waals surface area contributed by atoms with Crippen molar-refractivity contribution >= 4 is 23.2 Å². The van der Waals surface area contributed by atoms with E-state index >= 15 is 0 Å². The smallest absolute Gasteiger partial charge is 0.128 e. The number of hydrogen-bond acceptors (Lipinski definition) is 3. The fourth-order valence-electron chi connectivity index (χ4n) is 3.59. The summed E-state index contributed by atoms with van der Waals surface area (Å²) in [5.41, 5.74) is 4.18. The average molecular weight is 361 g/mol. The molecule has 2 aliphatic heterocycles. The Balaban J connectivity index is 1.70. The number of nitrogens with zero attached hydrogens (tertiary/aromatic N) is 1. The minimum absolute atomic E-state index is 0.104. The van der Waals surface area contributed by atoms with E-state index in [0.717, 1.165) is 33.2 Å². The van der Waals surface area contributed by atoms with Crippen LogP contribution in [0.5, 0.6) is 5.75 Å². The molecule has 0 bridgehead atoms. The predicted octanol–water partition coefficient (Wildman–Crippen LogP) is 5.80. The second-order valence-corrected chi connectivity index (χ2v) is 7.65. The molecular formula is C22H16FNOS. The number of hydrogen-bond donors (Lipinski definition) is 0. The third-order valence-corrected chi connectivity index (χ3v) is 6.31. The minimum Gasteiger partial charge on any atom is -0.492 e. The number of rotatable bonds is 1. The van der Waals surface area contributed by atoms with Gasteiger partial charge in [0.05, 0.1) is 23.9 Å². The van der Waals surface area contributed by atoms with Gasteiger partial charge in [-0.25, -0.2) is 4.39 Å². The lowest BCUT2D eigenvalue weighted by Gasteiger charge is -2.31. The monoisotopic (exact) mass is 361 g/mol. The van der Waals surface area contributed by atoms with E-state index in [0.29, 0.717) is 6.61 Å². The maximum atomic E-state index is 13.4. The van der Waals surface area contributed by atoms with Gasteiger partial charge in [-0.15, -0.1) is 11.8 Å². The van der Waals surface area contributed by atoms with Gasteiger partial charge in [0, 0.05) is 15.7 Å². The SMILES string of the molecule is Fc1ccc([C@@H]2Sc3ccccc3N=C3c4ccccc4OC[C@H]32)cc1. The fraction of sp³-hybridized carbons (Fsp3) is 0.136. The highest BCUT2D eigenvalue weighted by molar-refractivity contribution is 7.99. The average Bonchev–Trinajstić information content (AvgIpc) is 2.85. The molecule has 128 valence electrons. The molecule has 0 aliphatic carbocycles. The van der Waals surface area contributed by atoms with Crippen LogP contribution in [0.15, 0.2) is 82.7 Å². The van der Waals surface area contributed by atoms with Crippen LogP contribution in [-0.4, -0.2) is 12.3 Å². The van der Waals surface area contributed by atoms with Crippen LogP contribution in [0.1, 0.15) is 16.4 Å². The van der Waals surface area contributed by atoms with Crippen molar-refractivity contribution in [1.82, 2.24) is 0 Å². The molecule has 2 heterocycles. The van der Waals surface area contributed by atoms with E-state index in [-0.39, 0.29) is 17.0 Å². The van der Waals surface area contributed by atoms with Crippen molar-refractivity contribution in [2.24, 2.45) is 10.9 Å². The van der Waals surface area contributed by atoms with Gasteiger partial charge in [0.25, 0.3) is 0 Å². The molecule has 3 aromatic rings. The van der Waals surface area contributed by atoms with E-state index in [4.69, 9.17) is 9.73 Å². The molecule has 4 heteroatoms. The van der Waals surface area contributed by atoms with Gasteiger partial charge in [-0.1, -0.05) is 36.4 Å².